The molecule has 0 aliphatic heterocycles. The van der Waals surface area contributed by atoms with Gasteiger partial charge >= 0.3 is 5.97 Å². The number of anilines is 2. The Hall–Kier alpha value is -4.93. The molecule has 0 heterocycles. The number of rotatable bonds is 12. The highest BCUT2D eigenvalue weighted by atomic mass is 16.6. The smallest absolute Gasteiger partial charge is 0.306 e. The van der Waals surface area contributed by atoms with Crippen LogP contribution < -0.4 is 20.1 Å². The number of carbonyl (C=O) groups is 3. The predicted octanol–water partition coefficient (Wildman–Crippen LogP) is 4.99. The molecule has 3 aromatic carbocycles. The van der Waals surface area contributed by atoms with E-state index < -0.39 is 23.4 Å². The average molecular weight is 522 g/mol. The van der Waals surface area contributed by atoms with Crippen LogP contribution in [0.25, 0.3) is 0 Å². The Balaban J connectivity index is 1.37. The zero-order valence-corrected chi connectivity index (χ0v) is 20.9. The summed E-state index contributed by atoms with van der Waals surface area (Å²) in [6, 6.07) is 18.4. The van der Waals surface area contributed by atoms with Crippen LogP contribution in [-0.4, -0.2) is 36.4 Å². The fourth-order valence-electron chi connectivity index (χ4n) is 3.34. The van der Waals surface area contributed by atoms with Crippen molar-refractivity contribution in [1.82, 2.24) is 0 Å². The molecule has 0 radical (unpaired) electrons. The number of benzene rings is 3. The van der Waals surface area contributed by atoms with Gasteiger partial charge in [0.15, 0.2) is 6.61 Å². The van der Waals surface area contributed by atoms with Crippen molar-refractivity contribution in [2.24, 2.45) is 0 Å². The maximum atomic E-state index is 12.2. The van der Waals surface area contributed by atoms with E-state index in [0.29, 0.717) is 22.9 Å². The predicted molar refractivity (Wildman–Crippen MR) is 139 cm³/mol. The van der Waals surface area contributed by atoms with E-state index in [2.05, 4.69) is 10.6 Å². The second kappa shape index (κ2) is 13.4. The van der Waals surface area contributed by atoms with Crippen LogP contribution in [0.5, 0.6) is 17.2 Å². The van der Waals surface area contributed by atoms with Crippen LogP contribution >= 0.6 is 0 Å². The fraction of sp³-hybridized carbons (Fsp3) is 0.222. The summed E-state index contributed by atoms with van der Waals surface area (Å²) in [4.78, 5) is 46.7. The molecule has 0 atom stereocenters. The van der Waals surface area contributed by atoms with Gasteiger partial charge in [-0.1, -0.05) is 12.1 Å². The van der Waals surface area contributed by atoms with Gasteiger partial charge in [-0.05, 0) is 61.4 Å². The molecule has 2 N–H and O–H groups in total. The third-order valence-electron chi connectivity index (χ3n) is 5.19. The first-order chi connectivity index (χ1) is 18.2. The normalized spacial score (nSPS) is 10.3. The number of aryl methyl sites for hydroxylation is 1. The first-order valence-electron chi connectivity index (χ1n) is 11.7. The lowest BCUT2D eigenvalue weighted by Crippen LogP contribution is -2.21. The van der Waals surface area contributed by atoms with E-state index in [9.17, 15) is 24.5 Å². The Kier molecular flexibility index (Phi) is 9.75. The Labute approximate surface area is 218 Å². The third-order valence-corrected chi connectivity index (χ3v) is 5.19. The topological polar surface area (TPSA) is 146 Å². The summed E-state index contributed by atoms with van der Waals surface area (Å²) in [5, 5.41) is 16.2. The van der Waals surface area contributed by atoms with E-state index in [1.807, 2.05) is 31.2 Å². The van der Waals surface area contributed by atoms with Crippen LogP contribution in [0.3, 0.4) is 0 Å². The summed E-state index contributed by atoms with van der Waals surface area (Å²) in [6.45, 7) is 1.35. The molecule has 11 heteroatoms. The second-order valence-electron chi connectivity index (χ2n) is 8.19. The van der Waals surface area contributed by atoms with Crippen molar-refractivity contribution in [2.45, 2.75) is 26.2 Å². The minimum Gasteiger partial charge on any atom is -0.497 e. The van der Waals surface area contributed by atoms with E-state index >= 15 is 0 Å². The number of ether oxygens (including phenoxy) is 3. The number of nitrogens with one attached hydrogen (secondary N) is 2. The second-order valence-corrected chi connectivity index (χ2v) is 8.19. The number of hydrogen-bond acceptors (Lipinski definition) is 8. The molecule has 0 saturated carbocycles. The largest absolute Gasteiger partial charge is 0.497 e. The number of nitro benzene ring substituents is 1. The van der Waals surface area contributed by atoms with E-state index in [1.54, 1.807) is 24.3 Å². The van der Waals surface area contributed by atoms with Gasteiger partial charge in [-0.25, -0.2) is 0 Å². The van der Waals surface area contributed by atoms with Gasteiger partial charge in [-0.3, -0.25) is 24.5 Å². The highest BCUT2D eigenvalue weighted by Gasteiger charge is 2.18. The minimum atomic E-state index is -0.748. The summed E-state index contributed by atoms with van der Waals surface area (Å²) in [5.41, 5.74) is 1.25. The molecule has 3 aromatic rings. The highest BCUT2D eigenvalue weighted by Crippen LogP contribution is 2.29. The standard InChI is InChI=1S/C27H27N3O8/c1-18-5-3-6-22(15-18)38-20-11-9-19(10-12-20)28-25(31)7-4-8-27(33)37-17-26(32)29-23-16-21(36-2)13-14-24(23)30(34)35/h3,5-6,9-16H,4,7-8,17H2,1-2H3,(H,28,31)(H,29,32). The maximum absolute atomic E-state index is 12.2. The zero-order chi connectivity index (χ0) is 27.5. The van der Waals surface area contributed by atoms with Crippen molar-refractivity contribution in [3.05, 3.63) is 82.4 Å². The Bertz CT molecular complexity index is 1310. The molecular formula is C27H27N3O8. The molecule has 38 heavy (non-hydrogen) atoms. The highest BCUT2D eigenvalue weighted by molar-refractivity contribution is 5.95. The van der Waals surface area contributed by atoms with Gasteiger partial charge in [-0.2, -0.15) is 0 Å². The van der Waals surface area contributed by atoms with Gasteiger partial charge in [0.05, 0.1) is 12.0 Å². The summed E-state index contributed by atoms with van der Waals surface area (Å²) in [5.74, 6) is -0.0527. The van der Waals surface area contributed by atoms with Crippen LogP contribution in [-0.2, 0) is 19.1 Å². The molecule has 3 rings (SSSR count). The molecule has 0 fully saturated rings. The molecule has 0 aliphatic carbocycles. The van der Waals surface area contributed by atoms with E-state index in [0.717, 1.165) is 5.56 Å². The van der Waals surface area contributed by atoms with E-state index in [-0.39, 0.29) is 36.5 Å². The summed E-state index contributed by atoms with van der Waals surface area (Å²) >= 11 is 0. The first-order valence-corrected chi connectivity index (χ1v) is 11.7. The molecule has 0 spiro atoms. The molecule has 2 amide bonds. The monoisotopic (exact) mass is 521 g/mol. The molecule has 11 nitrogen and oxygen atoms in total. The van der Waals surface area contributed by atoms with Crippen LogP contribution in [0, 0.1) is 17.0 Å². The van der Waals surface area contributed by atoms with Gasteiger partial charge in [0.2, 0.25) is 5.91 Å². The molecule has 0 saturated heterocycles. The van der Waals surface area contributed by atoms with Crippen LogP contribution in [0.1, 0.15) is 24.8 Å². The Morgan fingerprint density at radius 1 is 0.868 bits per heavy atom. The number of esters is 1. The van der Waals surface area contributed by atoms with Gasteiger partial charge < -0.3 is 24.8 Å². The number of methoxy groups -OCH3 is 1. The van der Waals surface area contributed by atoms with Crippen molar-refractivity contribution in [3.63, 3.8) is 0 Å². The maximum Gasteiger partial charge on any atom is 0.306 e. The van der Waals surface area contributed by atoms with Crippen molar-refractivity contribution in [1.29, 1.82) is 0 Å². The summed E-state index contributed by atoms with van der Waals surface area (Å²) in [6.07, 6.45) is 0.199. The fourth-order valence-corrected chi connectivity index (χ4v) is 3.34. The van der Waals surface area contributed by atoms with Crippen molar-refractivity contribution < 1.29 is 33.5 Å². The van der Waals surface area contributed by atoms with Gasteiger partial charge in [-0.15, -0.1) is 0 Å². The van der Waals surface area contributed by atoms with Crippen molar-refractivity contribution >= 4 is 34.8 Å². The Morgan fingerprint density at radius 2 is 1.61 bits per heavy atom. The number of nitro groups is 1. The SMILES string of the molecule is COc1ccc([N+](=O)[O-])c(NC(=O)COC(=O)CCCC(=O)Nc2ccc(Oc3cccc(C)c3)cc2)c1. The van der Waals surface area contributed by atoms with Gasteiger partial charge in [0.25, 0.3) is 11.6 Å². The number of hydrogen-bond donors (Lipinski definition) is 2. The third kappa shape index (κ3) is 8.63. The molecule has 0 unspecified atom stereocenters. The minimum absolute atomic E-state index is 0.0683. The molecule has 198 valence electrons. The lowest BCUT2D eigenvalue weighted by Gasteiger charge is -2.09. The van der Waals surface area contributed by atoms with E-state index in [4.69, 9.17) is 14.2 Å². The van der Waals surface area contributed by atoms with Gasteiger partial charge in [0, 0.05) is 30.7 Å². The number of amides is 2. The van der Waals surface area contributed by atoms with Crippen molar-refractivity contribution in [2.75, 3.05) is 24.4 Å². The Morgan fingerprint density at radius 3 is 2.29 bits per heavy atom. The first kappa shape index (κ1) is 27.7. The van der Waals surface area contributed by atoms with Crippen LogP contribution in [0.2, 0.25) is 0 Å². The molecule has 0 aromatic heterocycles. The lowest BCUT2D eigenvalue weighted by molar-refractivity contribution is -0.383. The summed E-state index contributed by atoms with van der Waals surface area (Å²) < 4.78 is 15.7. The molecular weight excluding hydrogens is 494 g/mol. The van der Waals surface area contributed by atoms with Crippen LogP contribution in [0.15, 0.2) is 66.7 Å². The zero-order valence-electron chi connectivity index (χ0n) is 20.9. The molecule has 0 bridgehead atoms. The van der Waals surface area contributed by atoms with Gasteiger partial charge in [0.1, 0.15) is 22.9 Å². The number of nitrogens with zero attached hydrogens (tertiary/aromatic N) is 1. The van der Waals surface area contributed by atoms with E-state index in [1.165, 1.54) is 25.3 Å². The quantitative estimate of drug-likeness (QED) is 0.192. The van der Waals surface area contributed by atoms with Crippen molar-refractivity contribution in [3.8, 4) is 17.2 Å². The van der Waals surface area contributed by atoms with Crippen LogP contribution in [0.4, 0.5) is 17.1 Å². The molecule has 0 aliphatic rings. The summed E-state index contributed by atoms with van der Waals surface area (Å²) in [7, 11) is 1.38. The average Bonchev–Trinajstić information content (AvgIpc) is 2.88. The number of carbonyl (C=O) groups excluding carboxylic acids is 3. The lowest BCUT2D eigenvalue weighted by atomic mass is 10.2.